The Morgan fingerprint density at radius 3 is 2.68 bits per heavy atom. The van der Waals surface area contributed by atoms with E-state index in [1.54, 1.807) is 5.38 Å². The van der Waals surface area contributed by atoms with Crippen LogP contribution in [-0.2, 0) is 4.79 Å². The zero-order valence-corrected chi connectivity index (χ0v) is 12.1. The van der Waals surface area contributed by atoms with Gasteiger partial charge >= 0.3 is 0 Å². The normalized spacial score (nSPS) is 12.3. The van der Waals surface area contributed by atoms with Crippen molar-refractivity contribution in [3.05, 3.63) is 11.1 Å². The van der Waals surface area contributed by atoms with Gasteiger partial charge in [-0.15, -0.1) is 11.3 Å². The lowest BCUT2D eigenvalue weighted by Gasteiger charge is -2.17. The third kappa shape index (κ3) is 5.35. The van der Waals surface area contributed by atoms with Crippen LogP contribution in [0.25, 0.3) is 0 Å². The minimum absolute atomic E-state index is 0.105. The molecule has 1 unspecified atom stereocenters. The summed E-state index contributed by atoms with van der Waals surface area (Å²) in [7, 11) is 0. The van der Waals surface area contributed by atoms with E-state index in [9.17, 15) is 14.7 Å². The lowest BCUT2D eigenvalue weighted by atomic mass is 10.0. The molecule has 0 aliphatic heterocycles. The minimum atomic E-state index is -0.340. The van der Waals surface area contributed by atoms with Gasteiger partial charge in [-0.1, -0.05) is 13.8 Å². The fraction of sp³-hybridized carbons (Fsp3) is 0.583. The Morgan fingerprint density at radius 2 is 2.16 bits per heavy atom. The molecule has 1 aromatic heterocycles. The van der Waals surface area contributed by atoms with Crippen LogP contribution in [-0.4, -0.2) is 34.6 Å². The minimum Gasteiger partial charge on any atom is -0.394 e. The third-order valence-corrected chi connectivity index (χ3v) is 3.09. The van der Waals surface area contributed by atoms with Gasteiger partial charge in [0.25, 0.3) is 5.91 Å². The molecule has 0 radical (unpaired) electrons. The standard InChI is InChI=1S/C12H19N3O3S/c1-7(2)4-9(5-16)14-11(18)10-6-19-12(15-10)13-8(3)17/h6-7,9,16H,4-5H2,1-3H3,(H,14,18)(H,13,15,17). The smallest absolute Gasteiger partial charge is 0.271 e. The summed E-state index contributed by atoms with van der Waals surface area (Å²) in [6.45, 7) is 5.32. The second-order valence-electron chi connectivity index (χ2n) is 4.70. The Hall–Kier alpha value is -1.47. The number of hydrogen-bond donors (Lipinski definition) is 3. The molecule has 7 heteroatoms. The van der Waals surface area contributed by atoms with E-state index in [-0.39, 0.29) is 30.2 Å². The van der Waals surface area contributed by atoms with Crippen molar-refractivity contribution < 1.29 is 14.7 Å². The van der Waals surface area contributed by atoms with Crippen molar-refractivity contribution in [2.75, 3.05) is 11.9 Å². The maximum atomic E-state index is 11.9. The maximum Gasteiger partial charge on any atom is 0.271 e. The second-order valence-corrected chi connectivity index (χ2v) is 5.56. The van der Waals surface area contributed by atoms with Crippen LogP contribution in [0.2, 0.25) is 0 Å². The molecule has 0 fully saturated rings. The summed E-state index contributed by atoms with van der Waals surface area (Å²) in [5, 5.41) is 16.4. The summed E-state index contributed by atoms with van der Waals surface area (Å²) in [4.78, 5) is 26.8. The highest BCUT2D eigenvalue weighted by Gasteiger charge is 2.16. The topological polar surface area (TPSA) is 91.3 Å². The zero-order valence-electron chi connectivity index (χ0n) is 11.3. The Kier molecular flexibility index (Phi) is 5.91. The molecule has 0 saturated heterocycles. The molecule has 1 rings (SSSR count). The van der Waals surface area contributed by atoms with E-state index in [0.29, 0.717) is 17.5 Å². The molecule has 1 heterocycles. The molecule has 6 nitrogen and oxygen atoms in total. The average Bonchev–Trinajstić information content (AvgIpc) is 2.75. The quantitative estimate of drug-likeness (QED) is 0.733. The van der Waals surface area contributed by atoms with Crippen LogP contribution in [0.4, 0.5) is 5.13 Å². The number of nitrogens with zero attached hydrogens (tertiary/aromatic N) is 1. The van der Waals surface area contributed by atoms with Crippen LogP contribution in [0.3, 0.4) is 0 Å². The van der Waals surface area contributed by atoms with Gasteiger partial charge in [-0.3, -0.25) is 9.59 Å². The van der Waals surface area contributed by atoms with Gasteiger partial charge in [0, 0.05) is 12.3 Å². The summed E-state index contributed by atoms with van der Waals surface area (Å²) in [5.74, 6) is -0.190. The number of rotatable bonds is 6. The number of aliphatic hydroxyl groups excluding tert-OH is 1. The summed E-state index contributed by atoms with van der Waals surface area (Å²) < 4.78 is 0. The van der Waals surface area contributed by atoms with E-state index in [2.05, 4.69) is 15.6 Å². The van der Waals surface area contributed by atoms with Gasteiger partial charge in [0.05, 0.1) is 12.6 Å². The summed E-state index contributed by atoms with van der Waals surface area (Å²) >= 11 is 1.19. The molecule has 1 aromatic rings. The molecular formula is C12H19N3O3S. The zero-order chi connectivity index (χ0) is 14.4. The summed E-state index contributed by atoms with van der Waals surface area (Å²) in [6, 6.07) is -0.279. The highest BCUT2D eigenvalue weighted by atomic mass is 32.1. The van der Waals surface area contributed by atoms with Crippen LogP contribution < -0.4 is 10.6 Å². The third-order valence-electron chi connectivity index (χ3n) is 2.33. The van der Waals surface area contributed by atoms with E-state index in [1.165, 1.54) is 18.3 Å². The number of carbonyl (C=O) groups excluding carboxylic acids is 2. The van der Waals surface area contributed by atoms with Crippen molar-refractivity contribution in [3.8, 4) is 0 Å². The lowest BCUT2D eigenvalue weighted by molar-refractivity contribution is -0.114. The Bertz CT molecular complexity index is 445. The van der Waals surface area contributed by atoms with Gasteiger partial charge in [0.2, 0.25) is 5.91 Å². The van der Waals surface area contributed by atoms with Crippen molar-refractivity contribution in [1.82, 2.24) is 10.3 Å². The van der Waals surface area contributed by atoms with Gasteiger partial charge in [0.15, 0.2) is 5.13 Å². The number of aromatic nitrogens is 1. The molecule has 0 bridgehead atoms. The second kappa shape index (κ2) is 7.20. The molecule has 0 saturated carbocycles. The van der Waals surface area contributed by atoms with E-state index >= 15 is 0 Å². The van der Waals surface area contributed by atoms with E-state index in [0.717, 1.165) is 0 Å². The van der Waals surface area contributed by atoms with Gasteiger partial charge < -0.3 is 15.7 Å². The maximum absolute atomic E-state index is 11.9. The Morgan fingerprint density at radius 1 is 1.47 bits per heavy atom. The Labute approximate surface area is 116 Å². The van der Waals surface area contributed by atoms with Crippen molar-refractivity contribution in [1.29, 1.82) is 0 Å². The van der Waals surface area contributed by atoms with Crippen LogP contribution in [0.15, 0.2) is 5.38 Å². The first-order chi connectivity index (χ1) is 8.92. The van der Waals surface area contributed by atoms with Crippen LogP contribution in [0, 0.1) is 5.92 Å². The molecule has 3 N–H and O–H groups in total. The number of nitrogens with one attached hydrogen (secondary N) is 2. The van der Waals surface area contributed by atoms with E-state index in [1.807, 2.05) is 13.8 Å². The number of thiazole rings is 1. The predicted molar refractivity (Wildman–Crippen MR) is 74.2 cm³/mol. The molecule has 0 aromatic carbocycles. The number of amides is 2. The highest BCUT2D eigenvalue weighted by Crippen LogP contribution is 2.15. The monoisotopic (exact) mass is 285 g/mol. The average molecular weight is 285 g/mol. The summed E-state index contributed by atoms with van der Waals surface area (Å²) in [5.41, 5.74) is 0.246. The lowest BCUT2D eigenvalue weighted by Crippen LogP contribution is -2.38. The fourth-order valence-electron chi connectivity index (χ4n) is 1.59. The van der Waals surface area contributed by atoms with E-state index < -0.39 is 0 Å². The molecule has 2 amide bonds. The van der Waals surface area contributed by atoms with Crippen LogP contribution in [0.5, 0.6) is 0 Å². The van der Waals surface area contributed by atoms with Crippen molar-refractivity contribution in [2.24, 2.45) is 5.92 Å². The first-order valence-electron chi connectivity index (χ1n) is 6.07. The molecule has 1 atom stereocenters. The van der Waals surface area contributed by atoms with Crippen molar-refractivity contribution in [2.45, 2.75) is 33.2 Å². The predicted octanol–water partition coefficient (Wildman–Crippen LogP) is 1.24. The number of hydrogen-bond acceptors (Lipinski definition) is 5. The van der Waals surface area contributed by atoms with Gasteiger partial charge in [-0.05, 0) is 12.3 Å². The summed E-state index contributed by atoms with van der Waals surface area (Å²) in [6.07, 6.45) is 0.699. The molecule has 19 heavy (non-hydrogen) atoms. The largest absolute Gasteiger partial charge is 0.394 e. The fourth-order valence-corrected chi connectivity index (χ4v) is 2.33. The number of anilines is 1. The molecule has 0 aliphatic carbocycles. The van der Waals surface area contributed by atoms with Gasteiger partial charge in [0.1, 0.15) is 5.69 Å². The molecule has 0 spiro atoms. The molecular weight excluding hydrogens is 266 g/mol. The molecule has 0 aliphatic rings. The van der Waals surface area contributed by atoms with Crippen molar-refractivity contribution >= 4 is 28.3 Å². The van der Waals surface area contributed by atoms with Crippen molar-refractivity contribution in [3.63, 3.8) is 0 Å². The number of carbonyl (C=O) groups is 2. The van der Waals surface area contributed by atoms with Gasteiger partial charge in [-0.25, -0.2) is 4.98 Å². The Balaban J connectivity index is 2.61. The number of aliphatic hydroxyl groups is 1. The SMILES string of the molecule is CC(=O)Nc1nc(C(=O)NC(CO)CC(C)C)cs1. The van der Waals surface area contributed by atoms with Crippen LogP contribution in [0.1, 0.15) is 37.7 Å². The first-order valence-corrected chi connectivity index (χ1v) is 6.95. The van der Waals surface area contributed by atoms with Gasteiger partial charge in [-0.2, -0.15) is 0 Å². The first kappa shape index (κ1) is 15.6. The van der Waals surface area contributed by atoms with Crippen LogP contribution >= 0.6 is 11.3 Å². The highest BCUT2D eigenvalue weighted by molar-refractivity contribution is 7.14. The van der Waals surface area contributed by atoms with E-state index in [4.69, 9.17) is 0 Å². The molecule has 106 valence electrons.